The summed E-state index contributed by atoms with van der Waals surface area (Å²) in [5.41, 5.74) is 4.72. The SMILES string of the molecule is CCOP(=O)(OCC)[C@@H](N)c1ccc(Cl)c(C(F)(F)F)c1. The number of benzene rings is 1. The molecule has 0 radical (unpaired) electrons. The summed E-state index contributed by atoms with van der Waals surface area (Å²) in [6, 6.07) is 3.09. The van der Waals surface area contributed by atoms with Crippen LogP contribution in [-0.4, -0.2) is 13.2 Å². The molecule has 1 rings (SSSR count). The maximum Gasteiger partial charge on any atom is 0.417 e. The molecular weight excluding hydrogens is 330 g/mol. The fourth-order valence-electron chi connectivity index (χ4n) is 1.68. The van der Waals surface area contributed by atoms with Crippen molar-refractivity contribution < 1.29 is 26.8 Å². The van der Waals surface area contributed by atoms with E-state index in [0.717, 1.165) is 12.1 Å². The fraction of sp³-hybridized carbons (Fsp3) is 0.500. The second-order valence-corrected chi connectivity index (χ2v) is 6.62. The second kappa shape index (κ2) is 7.11. The lowest BCUT2D eigenvalue weighted by Gasteiger charge is -2.24. The molecule has 0 bridgehead atoms. The van der Waals surface area contributed by atoms with Crippen molar-refractivity contribution in [1.82, 2.24) is 0 Å². The third-order valence-electron chi connectivity index (χ3n) is 2.60. The average Bonchev–Trinajstić information content (AvgIpc) is 2.37. The minimum absolute atomic E-state index is 0.0167. The number of halogens is 4. The molecule has 0 aromatic heterocycles. The third kappa shape index (κ3) is 4.44. The van der Waals surface area contributed by atoms with E-state index in [2.05, 4.69) is 0 Å². The van der Waals surface area contributed by atoms with Gasteiger partial charge >= 0.3 is 13.8 Å². The molecule has 0 heterocycles. The highest BCUT2D eigenvalue weighted by molar-refractivity contribution is 7.54. The number of hydrogen-bond acceptors (Lipinski definition) is 4. The molecule has 2 N–H and O–H groups in total. The van der Waals surface area contributed by atoms with E-state index in [4.69, 9.17) is 26.4 Å². The summed E-state index contributed by atoms with van der Waals surface area (Å²) in [6.07, 6.45) is -4.63. The Morgan fingerprint density at radius 3 is 2.24 bits per heavy atom. The second-order valence-electron chi connectivity index (χ2n) is 4.06. The summed E-state index contributed by atoms with van der Waals surface area (Å²) in [5.74, 6) is -1.32. The molecule has 0 fully saturated rings. The zero-order valence-electron chi connectivity index (χ0n) is 11.5. The summed E-state index contributed by atoms with van der Waals surface area (Å²) < 4.78 is 61.0. The first kappa shape index (κ1) is 18.5. The van der Waals surface area contributed by atoms with Gasteiger partial charge in [0.05, 0.1) is 23.8 Å². The molecule has 0 aliphatic carbocycles. The van der Waals surface area contributed by atoms with Crippen molar-refractivity contribution in [3.05, 3.63) is 34.3 Å². The minimum atomic E-state index is -4.63. The molecule has 0 saturated carbocycles. The Labute approximate surface area is 125 Å². The van der Waals surface area contributed by atoms with E-state index in [0.29, 0.717) is 0 Å². The molecule has 9 heteroatoms. The molecule has 0 unspecified atom stereocenters. The van der Waals surface area contributed by atoms with Crippen molar-refractivity contribution >= 4 is 19.2 Å². The Bertz CT molecular complexity index is 529. The summed E-state index contributed by atoms with van der Waals surface area (Å²) in [5, 5.41) is -0.457. The fourth-order valence-corrected chi connectivity index (χ4v) is 3.55. The lowest BCUT2D eigenvalue weighted by atomic mass is 10.1. The van der Waals surface area contributed by atoms with Crippen LogP contribution in [0.4, 0.5) is 13.2 Å². The van der Waals surface area contributed by atoms with Gasteiger partial charge < -0.3 is 14.8 Å². The maximum atomic E-state index is 12.8. The van der Waals surface area contributed by atoms with E-state index >= 15 is 0 Å². The molecule has 1 atom stereocenters. The van der Waals surface area contributed by atoms with Crippen LogP contribution >= 0.6 is 19.2 Å². The van der Waals surface area contributed by atoms with E-state index in [1.807, 2.05) is 0 Å². The highest BCUT2D eigenvalue weighted by atomic mass is 35.5. The van der Waals surface area contributed by atoms with Gasteiger partial charge in [-0.05, 0) is 31.5 Å². The van der Waals surface area contributed by atoms with E-state index < -0.39 is 30.1 Å². The van der Waals surface area contributed by atoms with Crippen LogP contribution in [0.3, 0.4) is 0 Å². The van der Waals surface area contributed by atoms with Crippen molar-refractivity contribution in [3.8, 4) is 0 Å². The van der Waals surface area contributed by atoms with Crippen LogP contribution in [0, 0.1) is 0 Å². The van der Waals surface area contributed by atoms with E-state index in [9.17, 15) is 17.7 Å². The first-order chi connectivity index (χ1) is 9.65. The Kier molecular flexibility index (Phi) is 6.25. The topological polar surface area (TPSA) is 61.5 Å². The molecular formula is C12H16ClF3NO3P. The van der Waals surface area contributed by atoms with Gasteiger partial charge in [0.1, 0.15) is 5.78 Å². The zero-order valence-corrected chi connectivity index (χ0v) is 13.1. The monoisotopic (exact) mass is 345 g/mol. The number of nitrogens with two attached hydrogens (primary N) is 1. The number of alkyl halides is 3. The van der Waals surface area contributed by atoms with Crippen LogP contribution in [-0.2, 0) is 19.8 Å². The molecule has 0 amide bonds. The lowest BCUT2D eigenvalue weighted by molar-refractivity contribution is -0.137. The largest absolute Gasteiger partial charge is 0.417 e. The molecule has 1 aromatic carbocycles. The van der Waals surface area contributed by atoms with Crippen molar-refractivity contribution in [2.24, 2.45) is 5.73 Å². The van der Waals surface area contributed by atoms with Crippen LogP contribution in [0.1, 0.15) is 30.8 Å². The maximum absolute atomic E-state index is 12.8. The van der Waals surface area contributed by atoms with Crippen LogP contribution in [0.2, 0.25) is 5.02 Å². The van der Waals surface area contributed by atoms with E-state index in [1.165, 1.54) is 6.07 Å². The predicted molar refractivity (Wildman–Crippen MR) is 74.2 cm³/mol. The highest BCUT2D eigenvalue weighted by Gasteiger charge is 2.37. The smallest absolute Gasteiger partial charge is 0.314 e. The minimum Gasteiger partial charge on any atom is -0.314 e. The van der Waals surface area contributed by atoms with Crippen molar-refractivity contribution in [1.29, 1.82) is 0 Å². The summed E-state index contributed by atoms with van der Waals surface area (Å²) in [6.45, 7) is 3.29. The van der Waals surface area contributed by atoms with Gasteiger partial charge in [0.2, 0.25) is 0 Å². The van der Waals surface area contributed by atoms with Crippen LogP contribution < -0.4 is 5.73 Å². The highest BCUT2D eigenvalue weighted by Crippen LogP contribution is 2.58. The molecule has 4 nitrogen and oxygen atoms in total. The Morgan fingerprint density at radius 1 is 1.29 bits per heavy atom. The molecule has 1 aromatic rings. The molecule has 120 valence electrons. The van der Waals surface area contributed by atoms with Crippen molar-refractivity contribution in [3.63, 3.8) is 0 Å². The van der Waals surface area contributed by atoms with Crippen molar-refractivity contribution in [2.75, 3.05) is 13.2 Å². The Hall–Kier alpha value is -0.590. The summed E-state index contributed by atoms with van der Waals surface area (Å²) in [4.78, 5) is 0. The number of rotatable bonds is 6. The average molecular weight is 346 g/mol. The molecule has 0 spiro atoms. The summed E-state index contributed by atoms with van der Waals surface area (Å²) >= 11 is 5.53. The number of hydrogen-bond donors (Lipinski definition) is 1. The first-order valence-corrected chi connectivity index (χ1v) is 8.15. The first-order valence-electron chi connectivity index (χ1n) is 6.16. The zero-order chi connectivity index (χ0) is 16.3. The molecule has 21 heavy (non-hydrogen) atoms. The Balaban J connectivity index is 3.23. The molecule has 0 aliphatic heterocycles. The van der Waals surface area contributed by atoms with Gasteiger partial charge in [0, 0.05) is 0 Å². The van der Waals surface area contributed by atoms with Gasteiger partial charge in [-0.2, -0.15) is 13.2 Å². The van der Waals surface area contributed by atoms with Gasteiger partial charge in [-0.25, -0.2) is 0 Å². The van der Waals surface area contributed by atoms with E-state index in [1.54, 1.807) is 13.8 Å². The van der Waals surface area contributed by atoms with Gasteiger partial charge in [-0.1, -0.05) is 17.7 Å². The van der Waals surface area contributed by atoms with Crippen LogP contribution in [0.15, 0.2) is 18.2 Å². The predicted octanol–water partition coefficient (Wildman–Crippen LogP) is 4.58. The molecule has 0 saturated heterocycles. The van der Waals surface area contributed by atoms with Crippen LogP contribution in [0.5, 0.6) is 0 Å². The van der Waals surface area contributed by atoms with Gasteiger partial charge in [-0.15, -0.1) is 0 Å². The normalized spacial score (nSPS) is 14.2. The summed E-state index contributed by atoms with van der Waals surface area (Å²) in [7, 11) is -3.75. The standard InChI is InChI=1S/C12H16ClF3NO3P/c1-3-19-21(18,20-4-2)11(17)8-5-6-10(13)9(7-8)12(14,15)16/h5-7,11H,3-4,17H2,1-2H3/t11-/m1/s1. The quantitative estimate of drug-likeness (QED) is 0.766. The van der Waals surface area contributed by atoms with Gasteiger partial charge in [0.25, 0.3) is 0 Å². The van der Waals surface area contributed by atoms with Crippen molar-refractivity contribution in [2.45, 2.75) is 25.8 Å². The van der Waals surface area contributed by atoms with E-state index in [-0.39, 0.29) is 18.8 Å². The Morgan fingerprint density at radius 2 is 1.81 bits per heavy atom. The van der Waals surface area contributed by atoms with Crippen LogP contribution in [0.25, 0.3) is 0 Å². The van der Waals surface area contributed by atoms with Gasteiger partial charge in [-0.3, -0.25) is 4.57 Å². The lowest BCUT2D eigenvalue weighted by Crippen LogP contribution is -2.16. The van der Waals surface area contributed by atoms with Gasteiger partial charge in [0.15, 0.2) is 0 Å². The molecule has 0 aliphatic rings. The third-order valence-corrected chi connectivity index (χ3v) is 5.14.